The molecule has 0 aromatic heterocycles. The van der Waals surface area contributed by atoms with Gasteiger partial charge in [-0.1, -0.05) is 6.07 Å². The largest absolute Gasteiger partial charge is 0.396 e. The first-order valence-electron chi connectivity index (χ1n) is 5.71. The minimum atomic E-state index is -1.17. The number of carbonyl (C=O) groups is 1. The van der Waals surface area contributed by atoms with Crippen LogP contribution in [0, 0.1) is 24.4 Å². The molecule has 6 heteroatoms. The average Bonchev–Trinajstić information content (AvgIpc) is 2.39. The molecular weight excluding hydrogens is 269 g/mol. The maximum Gasteiger partial charge on any atom is 0.261 e. The van der Waals surface area contributed by atoms with Crippen LogP contribution in [-0.2, 0) is 0 Å². The summed E-state index contributed by atoms with van der Waals surface area (Å²) in [6.07, 6.45) is 0. The Morgan fingerprint density at radius 3 is 2.45 bits per heavy atom. The van der Waals surface area contributed by atoms with Gasteiger partial charge in [-0.25, -0.2) is 13.2 Å². The molecule has 1 amide bonds. The highest BCUT2D eigenvalue weighted by Crippen LogP contribution is 2.21. The van der Waals surface area contributed by atoms with E-state index in [4.69, 9.17) is 5.73 Å². The highest BCUT2D eigenvalue weighted by Gasteiger charge is 2.20. The Morgan fingerprint density at radius 1 is 1.10 bits per heavy atom. The first-order valence-corrected chi connectivity index (χ1v) is 5.71. The lowest BCUT2D eigenvalue weighted by atomic mass is 10.1. The lowest BCUT2D eigenvalue weighted by Crippen LogP contribution is -2.17. The van der Waals surface area contributed by atoms with E-state index in [1.807, 2.05) is 0 Å². The van der Waals surface area contributed by atoms with Crippen molar-refractivity contribution in [1.82, 2.24) is 0 Å². The van der Waals surface area contributed by atoms with Crippen LogP contribution in [-0.4, -0.2) is 5.91 Å². The van der Waals surface area contributed by atoms with Crippen molar-refractivity contribution in [3.05, 3.63) is 58.9 Å². The standard InChI is InChI=1S/C14H11F3N2O/c1-7-2-3-8(15)11(6-7)19-14(20)12-9(16)4-5-10(18)13(12)17/h2-6H,18H2,1H3,(H,19,20). The van der Waals surface area contributed by atoms with Crippen LogP contribution in [0.3, 0.4) is 0 Å². The van der Waals surface area contributed by atoms with Crippen LogP contribution in [0.25, 0.3) is 0 Å². The van der Waals surface area contributed by atoms with Crippen molar-refractivity contribution in [3.63, 3.8) is 0 Å². The first kappa shape index (κ1) is 13.9. The number of aryl methyl sites for hydroxylation is 1. The molecule has 104 valence electrons. The van der Waals surface area contributed by atoms with Crippen LogP contribution in [0.4, 0.5) is 24.5 Å². The molecule has 0 saturated heterocycles. The summed E-state index contributed by atoms with van der Waals surface area (Å²) in [7, 11) is 0. The molecule has 2 aromatic rings. The second-order valence-corrected chi connectivity index (χ2v) is 4.26. The van der Waals surface area contributed by atoms with Gasteiger partial charge < -0.3 is 11.1 Å². The van der Waals surface area contributed by atoms with Gasteiger partial charge >= 0.3 is 0 Å². The van der Waals surface area contributed by atoms with Crippen molar-refractivity contribution in [2.45, 2.75) is 6.92 Å². The molecule has 2 rings (SSSR count). The van der Waals surface area contributed by atoms with Gasteiger partial charge in [-0.3, -0.25) is 4.79 Å². The summed E-state index contributed by atoms with van der Waals surface area (Å²) in [6.45, 7) is 1.69. The Hall–Kier alpha value is -2.50. The summed E-state index contributed by atoms with van der Waals surface area (Å²) in [5.74, 6) is -4.04. The van der Waals surface area contributed by atoms with Gasteiger partial charge in [0.2, 0.25) is 0 Å². The fourth-order valence-electron chi connectivity index (χ4n) is 1.70. The van der Waals surface area contributed by atoms with Crippen LogP contribution in [0.2, 0.25) is 0 Å². The molecule has 0 spiro atoms. The third-order valence-electron chi connectivity index (χ3n) is 2.72. The van der Waals surface area contributed by atoms with Crippen molar-refractivity contribution < 1.29 is 18.0 Å². The molecule has 0 saturated carbocycles. The predicted octanol–water partition coefficient (Wildman–Crippen LogP) is 3.25. The number of nitrogens with one attached hydrogen (secondary N) is 1. The van der Waals surface area contributed by atoms with Crippen LogP contribution in [0.5, 0.6) is 0 Å². The highest BCUT2D eigenvalue weighted by atomic mass is 19.1. The molecule has 0 aliphatic heterocycles. The zero-order valence-corrected chi connectivity index (χ0v) is 10.5. The van der Waals surface area contributed by atoms with Gasteiger partial charge in [0.15, 0.2) is 5.82 Å². The normalized spacial score (nSPS) is 10.4. The Balaban J connectivity index is 2.38. The van der Waals surface area contributed by atoms with Gasteiger partial charge in [0, 0.05) is 0 Å². The molecule has 0 fully saturated rings. The van der Waals surface area contributed by atoms with E-state index in [0.717, 1.165) is 18.2 Å². The zero-order valence-electron chi connectivity index (χ0n) is 10.5. The van der Waals surface area contributed by atoms with Crippen LogP contribution in [0.15, 0.2) is 30.3 Å². The van der Waals surface area contributed by atoms with Gasteiger partial charge in [-0.15, -0.1) is 0 Å². The molecule has 20 heavy (non-hydrogen) atoms. The second kappa shape index (κ2) is 5.24. The number of halogens is 3. The summed E-state index contributed by atoms with van der Waals surface area (Å²) in [5.41, 5.74) is 4.61. The van der Waals surface area contributed by atoms with Crippen LogP contribution in [0.1, 0.15) is 15.9 Å². The van der Waals surface area contributed by atoms with Crippen molar-refractivity contribution >= 4 is 17.3 Å². The number of rotatable bonds is 2. The molecular formula is C14H11F3N2O. The summed E-state index contributed by atoms with van der Waals surface area (Å²) in [4.78, 5) is 11.9. The van der Waals surface area contributed by atoms with Crippen molar-refractivity contribution in [1.29, 1.82) is 0 Å². The Labute approximate surface area is 113 Å². The second-order valence-electron chi connectivity index (χ2n) is 4.26. The minimum Gasteiger partial charge on any atom is -0.396 e. The SMILES string of the molecule is Cc1ccc(F)c(NC(=O)c2c(F)ccc(N)c2F)c1. The van der Waals surface area contributed by atoms with E-state index in [0.29, 0.717) is 5.56 Å². The summed E-state index contributed by atoms with van der Waals surface area (Å²) < 4.78 is 40.7. The van der Waals surface area contributed by atoms with E-state index in [-0.39, 0.29) is 11.4 Å². The van der Waals surface area contributed by atoms with E-state index in [1.54, 1.807) is 6.92 Å². The maximum absolute atomic E-state index is 13.7. The minimum absolute atomic E-state index is 0.156. The van der Waals surface area contributed by atoms with Crippen molar-refractivity contribution in [2.75, 3.05) is 11.1 Å². The molecule has 0 atom stereocenters. The number of anilines is 2. The number of hydrogen-bond donors (Lipinski definition) is 2. The number of benzene rings is 2. The quantitative estimate of drug-likeness (QED) is 0.830. The van der Waals surface area contributed by atoms with E-state index in [1.165, 1.54) is 12.1 Å². The monoisotopic (exact) mass is 280 g/mol. The van der Waals surface area contributed by atoms with Gasteiger partial charge in [0.25, 0.3) is 5.91 Å². The smallest absolute Gasteiger partial charge is 0.261 e. The van der Waals surface area contributed by atoms with Crippen LogP contribution >= 0.6 is 0 Å². The van der Waals surface area contributed by atoms with E-state index >= 15 is 0 Å². The van der Waals surface area contributed by atoms with E-state index < -0.39 is 28.9 Å². The fraction of sp³-hybridized carbons (Fsp3) is 0.0714. The third kappa shape index (κ3) is 2.59. The lowest BCUT2D eigenvalue weighted by Gasteiger charge is -2.09. The highest BCUT2D eigenvalue weighted by molar-refractivity contribution is 6.05. The molecule has 3 nitrogen and oxygen atoms in total. The number of nitrogen functional groups attached to an aromatic ring is 1. The van der Waals surface area contributed by atoms with Gasteiger partial charge in [0.05, 0.1) is 11.4 Å². The molecule has 0 aliphatic carbocycles. The molecule has 0 bridgehead atoms. The number of amides is 1. The predicted molar refractivity (Wildman–Crippen MR) is 69.9 cm³/mol. The Morgan fingerprint density at radius 2 is 1.75 bits per heavy atom. The Kier molecular flexibility index (Phi) is 3.65. The van der Waals surface area contributed by atoms with Crippen molar-refractivity contribution in [2.24, 2.45) is 0 Å². The van der Waals surface area contributed by atoms with Gasteiger partial charge in [-0.05, 0) is 36.8 Å². The summed E-state index contributed by atoms with van der Waals surface area (Å²) >= 11 is 0. The van der Waals surface area contributed by atoms with Gasteiger partial charge in [0.1, 0.15) is 17.2 Å². The number of nitrogens with two attached hydrogens (primary N) is 1. The molecule has 0 radical (unpaired) electrons. The Bertz CT molecular complexity index is 686. The molecule has 0 heterocycles. The van der Waals surface area contributed by atoms with E-state index in [2.05, 4.69) is 5.32 Å². The van der Waals surface area contributed by atoms with E-state index in [9.17, 15) is 18.0 Å². The first-order chi connectivity index (χ1) is 9.40. The third-order valence-corrected chi connectivity index (χ3v) is 2.72. The summed E-state index contributed by atoms with van der Waals surface area (Å²) in [6, 6.07) is 5.90. The molecule has 2 aromatic carbocycles. The summed E-state index contributed by atoms with van der Waals surface area (Å²) in [5, 5.41) is 2.13. The number of hydrogen-bond acceptors (Lipinski definition) is 2. The van der Waals surface area contributed by atoms with Crippen molar-refractivity contribution in [3.8, 4) is 0 Å². The van der Waals surface area contributed by atoms with Crippen LogP contribution < -0.4 is 11.1 Å². The van der Waals surface area contributed by atoms with Gasteiger partial charge in [-0.2, -0.15) is 0 Å². The number of carbonyl (C=O) groups excluding carboxylic acids is 1. The lowest BCUT2D eigenvalue weighted by molar-refractivity contribution is 0.101. The zero-order chi connectivity index (χ0) is 14.9. The topological polar surface area (TPSA) is 55.1 Å². The fourth-order valence-corrected chi connectivity index (χ4v) is 1.70. The molecule has 0 aliphatic rings. The molecule has 3 N–H and O–H groups in total. The molecule has 0 unspecified atom stereocenters. The maximum atomic E-state index is 13.7. The average molecular weight is 280 g/mol.